The summed E-state index contributed by atoms with van der Waals surface area (Å²) in [4.78, 5) is 38.8. The van der Waals surface area contributed by atoms with Crippen molar-refractivity contribution >= 4 is 35.1 Å². The van der Waals surface area contributed by atoms with Crippen LogP contribution in [0.5, 0.6) is 0 Å². The first-order valence-corrected chi connectivity index (χ1v) is 11.1. The number of para-hydroxylation sites is 1. The fourth-order valence-corrected chi connectivity index (χ4v) is 3.61. The first-order valence-electron chi connectivity index (χ1n) is 10.8. The van der Waals surface area contributed by atoms with Crippen LogP contribution in [0.3, 0.4) is 0 Å². The molecule has 34 heavy (non-hydrogen) atoms. The van der Waals surface area contributed by atoms with Gasteiger partial charge >= 0.3 is 11.9 Å². The minimum atomic E-state index is -0.768. The molecule has 0 bridgehead atoms. The molecule has 0 aliphatic heterocycles. The summed E-state index contributed by atoms with van der Waals surface area (Å²) in [6, 6.07) is 16.5. The maximum Gasteiger partial charge on any atom is 0.343 e. The lowest BCUT2D eigenvalue weighted by atomic mass is 10.1. The molecule has 0 unspecified atom stereocenters. The van der Waals surface area contributed by atoms with E-state index in [-0.39, 0.29) is 23.9 Å². The summed E-state index contributed by atoms with van der Waals surface area (Å²) >= 11 is 6.43. The van der Waals surface area contributed by atoms with Crippen molar-refractivity contribution in [3.8, 4) is 0 Å². The molecular weight excluding hydrogens is 458 g/mol. The van der Waals surface area contributed by atoms with Crippen LogP contribution in [0, 0.1) is 13.8 Å². The van der Waals surface area contributed by atoms with E-state index in [1.807, 2.05) is 31.2 Å². The molecule has 1 amide bonds. The van der Waals surface area contributed by atoms with Crippen molar-refractivity contribution in [1.29, 1.82) is 0 Å². The lowest BCUT2D eigenvalue weighted by Crippen LogP contribution is -2.39. The van der Waals surface area contributed by atoms with Gasteiger partial charge in [-0.05, 0) is 38.5 Å². The van der Waals surface area contributed by atoms with E-state index in [0.717, 1.165) is 11.1 Å². The molecule has 0 spiro atoms. The first kappa shape index (κ1) is 25.0. The number of halogens is 1. The van der Waals surface area contributed by atoms with Gasteiger partial charge in [0.25, 0.3) is 5.91 Å². The number of amides is 1. The van der Waals surface area contributed by atoms with Gasteiger partial charge in [0.2, 0.25) is 0 Å². The number of benzene rings is 2. The van der Waals surface area contributed by atoms with Crippen LogP contribution < -0.4 is 4.90 Å². The van der Waals surface area contributed by atoms with Crippen molar-refractivity contribution < 1.29 is 23.9 Å². The highest BCUT2D eigenvalue weighted by atomic mass is 35.5. The monoisotopic (exact) mass is 483 g/mol. The van der Waals surface area contributed by atoms with Gasteiger partial charge in [0, 0.05) is 5.69 Å². The Labute approximate surface area is 203 Å². The van der Waals surface area contributed by atoms with E-state index in [2.05, 4.69) is 5.10 Å². The molecule has 178 valence electrons. The summed E-state index contributed by atoms with van der Waals surface area (Å²) in [5.74, 6) is -1.91. The number of nitrogens with zero attached hydrogens (tertiary/aromatic N) is 3. The third-order valence-electron chi connectivity index (χ3n) is 5.01. The average Bonchev–Trinajstić information content (AvgIpc) is 3.10. The maximum absolute atomic E-state index is 12.9. The second kappa shape index (κ2) is 11.5. The van der Waals surface area contributed by atoms with Gasteiger partial charge in [0.05, 0.1) is 18.8 Å². The number of carbonyl (C=O) groups is 3. The van der Waals surface area contributed by atoms with Crippen LogP contribution in [0.4, 0.5) is 5.69 Å². The minimum absolute atomic E-state index is 0.0956. The molecule has 0 atom stereocenters. The van der Waals surface area contributed by atoms with Crippen LogP contribution in [0.1, 0.15) is 34.1 Å². The van der Waals surface area contributed by atoms with Crippen molar-refractivity contribution in [3.05, 3.63) is 82.1 Å². The number of hydrogen-bond donors (Lipinski definition) is 0. The third-order valence-corrected chi connectivity index (χ3v) is 5.39. The Morgan fingerprint density at radius 3 is 2.32 bits per heavy atom. The molecule has 2 aromatic carbocycles. The van der Waals surface area contributed by atoms with Crippen LogP contribution in [0.25, 0.3) is 0 Å². The molecule has 0 aliphatic carbocycles. The van der Waals surface area contributed by atoms with E-state index in [1.165, 1.54) is 9.58 Å². The van der Waals surface area contributed by atoms with Gasteiger partial charge in [0.1, 0.15) is 17.3 Å². The predicted molar refractivity (Wildman–Crippen MR) is 128 cm³/mol. The van der Waals surface area contributed by atoms with Gasteiger partial charge in [-0.2, -0.15) is 5.10 Å². The Morgan fingerprint density at radius 1 is 1.00 bits per heavy atom. The summed E-state index contributed by atoms with van der Waals surface area (Å²) in [5.41, 5.74) is 3.08. The van der Waals surface area contributed by atoms with Crippen LogP contribution in [0.15, 0.2) is 54.6 Å². The molecule has 0 radical (unpaired) electrons. The zero-order chi connectivity index (χ0) is 24.7. The Kier molecular flexibility index (Phi) is 8.43. The maximum atomic E-state index is 12.9. The summed E-state index contributed by atoms with van der Waals surface area (Å²) in [6.07, 6.45) is 0. The van der Waals surface area contributed by atoms with Gasteiger partial charge < -0.3 is 9.47 Å². The van der Waals surface area contributed by atoms with E-state index >= 15 is 0 Å². The fourth-order valence-electron chi connectivity index (χ4n) is 3.30. The van der Waals surface area contributed by atoms with E-state index in [9.17, 15) is 14.4 Å². The fraction of sp³-hybridized carbons (Fsp3) is 0.280. The Morgan fingerprint density at radius 2 is 1.68 bits per heavy atom. The van der Waals surface area contributed by atoms with Gasteiger partial charge in [-0.15, -0.1) is 0 Å². The molecule has 3 aromatic rings. The predicted octanol–water partition coefficient (Wildman–Crippen LogP) is 3.95. The summed E-state index contributed by atoms with van der Waals surface area (Å²) in [5, 5.41) is 4.47. The minimum Gasteiger partial charge on any atom is -0.465 e. The number of anilines is 1. The smallest absolute Gasteiger partial charge is 0.343 e. The molecule has 1 aromatic heterocycles. The standard InChI is InChI=1S/C25H26ClN3O5/c1-4-33-22(31)15-28(20-8-6-5-7-9-20)21(30)16-34-25(32)23-18(3)27-29(24(23)26)14-19-12-10-17(2)11-13-19/h5-13H,4,14-16H2,1-3H3. The zero-order valence-electron chi connectivity index (χ0n) is 19.3. The highest BCUT2D eigenvalue weighted by Crippen LogP contribution is 2.22. The van der Waals surface area contributed by atoms with E-state index in [1.54, 1.807) is 44.2 Å². The number of ether oxygens (including phenoxy) is 2. The number of esters is 2. The SMILES string of the molecule is CCOC(=O)CN(C(=O)COC(=O)c1c(C)nn(Cc2ccc(C)cc2)c1Cl)c1ccccc1. The number of aromatic nitrogens is 2. The van der Waals surface area contributed by atoms with Crippen LogP contribution >= 0.6 is 11.6 Å². The molecule has 0 N–H and O–H groups in total. The third kappa shape index (κ3) is 6.23. The first-order chi connectivity index (χ1) is 16.3. The van der Waals surface area contributed by atoms with Crippen molar-refractivity contribution in [2.45, 2.75) is 27.3 Å². The second-order valence-corrected chi connectivity index (χ2v) is 7.95. The van der Waals surface area contributed by atoms with Crippen LogP contribution in [-0.2, 0) is 25.6 Å². The number of rotatable bonds is 9. The molecule has 0 saturated carbocycles. The van der Waals surface area contributed by atoms with Gasteiger partial charge in [-0.1, -0.05) is 59.6 Å². The van der Waals surface area contributed by atoms with E-state index < -0.39 is 24.5 Å². The summed E-state index contributed by atoms with van der Waals surface area (Å²) in [7, 11) is 0. The Balaban J connectivity index is 1.71. The Hall–Kier alpha value is -3.65. The molecular formula is C25H26ClN3O5. The molecule has 0 saturated heterocycles. The summed E-state index contributed by atoms with van der Waals surface area (Å²) < 4.78 is 11.7. The van der Waals surface area contributed by atoms with Crippen molar-refractivity contribution in [2.75, 3.05) is 24.7 Å². The number of hydrogen-bond acceptors (Lipinski definition) is 6. The van der Waals surface area contributed by atoms with Crippen LogP contribution in [0.2, 0.25) is 5.15 Å². The quantitative estimate of drug-likeness (QED) is 0.428. The topological polar surface area (TPSA) is 90.7 Å². The second-order valence-electron chi connectivity index (χ2n) is 7.59. The molecule has 3 rings (SSSR count). The summed E-state index contributed by atoms with van der Waals surface area (Å²) in [6.45, 7) is 5.01. The number of carbonyl (C=O) groups excluding carboxylic acids is 3. The molecule has 9 heteroatoms. The molecule has 0 aliphatic rings. The highest BCUT2D eigenvalue weighted by Gasteiger charge is 2.25. The van der Waals surface area contributed by atoms with E-state index in [4.69, 9.17) is 21.1 Å². The molecule has 1 heterocycles. The largest absolute Gasteiger partial charge is 0.465 e. The lowest BCUT2D eigenvalue weighted by molar-refractivity contribution is -0.142. The Bertz CT molecular complexity index is 1160. The normalized spacial score (nSPS) is 10.6. The van der Waals surface area contributed by atoms with E-state index in [0.29, 0.717) is 17.9 Å². The van der Waals surface area contributed by atoms with Crippen molar-refractivity contribution in [2.24, 2.45) is 0 Å². The van der Waals surface area contributed by atoms with Crippen molar-refractivity contribution in [3.63, 3.8) is 0 Å². The average molecular weight is 484 g/mol. The van der Waals surface area contributed by atoms with Crippen molar-refractivity contribution in [1.82, 2.24) is 9.78 Å². The molecule has 0 fully saturated rings. The van der Waals surface area contributed by atoms with Gasteiger partial charge in [-0.3, -0.25) is 14.5 Å². The van der Waals surface area contributed by atoms with Gasteiger partial charge in [-0.25, -0.2) is 9.48 Å². The zero-order valence-corrected chi connectivity index (χ0v) is 20.0. The van der Waals surface area contributed by atoms with Gasteiger partial charge in [0.15, 0.2) is 6.61 Å². The molecule has 8 nitrogen and oxygen atoms in total. The number of aryl methyl sites for hydroxylation is 2. The van der Waals surface area contributed by atoms with Crippen LogP contribution in [-0.4, -0.2) is 47.4 Å². The lowest BCUT2D eigenvalue weighted by Gasteiger charge is -2.21. The highest BCUT2D eigenvalue weighted by molar-refractivity contribution is 6.32.